The molecule has 3 heteroatoms. The lowest BCUT2D eigenvalue weighted by Gasteiger charge is -1.98. The topological polar surface area (TPSA) is 0 Å². The quantitative estimate of drug-likeness (QED) is 0.613. The summed E-state index contributed by atoms with van der Waals surface area (Å²) >= 11 is 6.83. The van der Waals surface area contributed by atoms with Gasteiger partial charge >= 0.3 is 4.36 Å². The highest BCUT2D eigenvalue weighted by Gasteiger charge is 2.15. The Bertz CT molecular complexity index is 116. The van der Waals surface area contributed by atoms with Crippen molar-refractivity contribution in [1.82, 2.24) is 0 Å². The Hall–Kier alpha value is 0.505. The van der Waals surface area contributed by atoms with Crippen molar-refractivity contribution in [1.29, 1.82) is 0 Å². The summed E-state index contributed by atoms with van der Waals surface area (Å²) in [5.41, 5.74) is 0. The lowest BCUT2D eigenvalue weighted by atomic mass is 9.88. The van der Waals surface area contributed by atoms with Crippen LogP contribution in [0.5, 0.6) is 0 Å². The Morgan fingerprint density at radius 2 is 1.62 bits per heavy atom. The monoisotopic (exact) mass is 234 g/mol. The molecule has 0 aromatic rings. The predicted molar refractivity (Wildman–Crippen MR) is 45.6 cm³/mol. The maximum Gasteiger partial charge on any atom is 0.309 e. The van der Waals surface area contributed by atoms with Gasteiger partial charge in [0.15, 0.2) is 0 Å². The van der Waals surface area contributed by atoms with Crippen LogP contribution in [0.25, 0.3) is 0 Å². The van der Waals surface area contributed by atoms with E-state index >= 15 is 0 Å². The molecule has 0 saturated carbocycles. The second-order valence-corrected chi connectivity index (χ2v) is 4.88. The SMILES string of the molecule is BrB(Br)C1C=CC=C1. The summed E-state index contributed by atoms with van der Waals surface area (Å²) < 4.78 is 0.394. The molecule has 0 unspecified atom stereocenters. The van der Waals surface area contributed by atoms with Crippen molar-refractivity contribution < 1.29 is 0 Å². The van der Waals surface area contributed by atoms with Crippen molar-refractivity contribution in [2.45, 2.75) is 5.82 Å². The Morgan fingerprint density at radius 1 is 1.12 bits per heavy atom. The van der Waals surface area contributed by atoms with Crippen molar-refractivity contribution in [2.75, 3.05) is 0 Å². The lowest BCUT2D eigenvalue weighted by molar-refractivity contribution is 1.42. The molecule has 1 aliphatic rings. The molecule has 0 atom stereocenters. The Labute approximate surface area is 66.1 Å². The van der Waals surface area contributed by atoms with Gasteiger partial charge in [0, 0.05) is 0 Å². The fourth-order valence-electron chi connectivity index (χ4n) is 0.617. The number of halogens is 2. The van der Waals surface area contributed by atoms with Crippen molar-refractivity contribution >= 4 is 35.9 Å². The summed E-state index contributed by atoms with van der Waals surface area (Å²) in [6.07, 6.45) is 8.41. The van der Waals surface area contributed by atoms with E-state index in [1.54, 1.807) is 0 Å². The Kier molecular flexibility index (Phi) is 2.38. The van der Waals surface area contributed by atoms with E-state index in [1.165, 1.54) is 0 Å². The summed E-state index contributed by atoms with van der Waals surface area (Å²) in [6, 6.07) is 0. The molecule has 0 fully saturated rings. The van der Waals surface area contributed by atoms with E-state index in [-0.39, 0.29) is 0 Å². The van der Waals surface area contributed by atoms with Gasteiger partial charge in [-0.15, -0.1) is 31.5 Å². The zero-order valence-electron chi connectivity index (χ0n) is 4.22. The second kappa shape index (κ2) is 2.88. The van der Waals surface area contributed by atoms with Gasteiger partial charge in [-0.25, -0.2) is 0 Å². The Morgan fingerprint density at radius 3 is 1.88 bits per heavy atom. The minimum atomic E-state index is 0.394. The molecule has 0 spiro atoms. The zero-order chi connectivity index (χ0) is 5.98. The van der Waals surface area contributed by atoms with Crippen LogP contribution >= 0.6 is 31.5 Å². The fourth-order valence-corrected chi connectivity index (χ4v) is 1.32. The molecule has 0 nitrogen and oxygen atoms in total. The third kappa shape index (κ3) is 1.49. The molecule has 0 aliphatic heterocycles. The van der Waals surface area contributed by atoms with Crippen LogP contribution in [-0.2, 0) is 0 Å². The van der Waals surface area contributed by atoms with Crippen LogP contribution in [0, 0.1) is 0 Å². The van der Waals surface area contributed by atoms with Crippen LogP contribution < -0.4 is 0 Å². The maximum atomic E-state index is 3.42. The molecule has 0 heterocycles. The highest BCUT2D eigenvalue weighted by molar-refractivity contribution is 9.49. The normalized spacial score (nSPS) is 17.8. The number of hydrogen-bond acceptors (Lipinski definition) is 0. The first-order valence-electron chi connectivity index (χ1n) is 2.44. The summed E-state index contributed by atoms with van der Waals surface area (Å²) in [5.74, 6) is 0.537. The molecule has 0 radical (unpaired) electrons. The molecular formula is C5H5BBr2. The average Bonchev–Trinajstić information content (AvgIpc) is 2.12. The van der Waals surface area contributed by atoms with E-state index in [4.69, 9.17) is 0 Å². The molecule has 1 aliphatic carbocycles. The lowest BCUT2D eigenvalue weighted by Crippen LogP contribution is -1.96. The van der Waals surface area contributed by atoms with Crippen LogP contribution in [0.1, 0.15) is 0 Å². The van der Waals surface area contributed by atoms with Gasteiger partial charge in [-0.1, -0.05) is 24.3 Å². The van der Waals surface area contributed by atoms with Gasteiger partial charge in [0.05, 0.1) is 0 Å². The van der Waals surface area contributed by atoms with Crippen LogP contribution in [-0.4, -0.2) is 4.36 Å². The van der Waals surface area contributed by atoms with Gasteiger partial charge in [-0.2, -0.15) is 0 Å². The summed E-state index contributed by atoms with van der Waals surface area (Å²) in [7, 11) is 0. The van der Waals surface area contributed by atoms with Gasteiger partial charge in [0.25, 0.3) is 0 Å². The first-order chi connectivity index (χ1) is 3.80. The van der Waals surface area contributed by atoms with Crippen molar-refractivity contribution in [3.05, 3.63) is 24.3 Å². The molecule has 8 heavy (non-hydrogen) atoms. The van der Waals surface area contributed by atoms with Gasteiger partial charge in [-0.05, 0) is 5.82 Å². The largest absolute Gasteiger partial charge is 0.309 e. The second-order valence-electron chi connectivity index (χ2n) is 1.68. The first-order valence-corrected chi connectivity index (χ1v) is 4.27. The van der Waals surface area contributed by atoms with Crippen molar-refractivity contribution in [3.63, 3.8) is 0 Å². The standard InChI is InChI=1S/C5H5BBr2/c7-6(8)5-3-1-2-4-5/h1-5H. The third-order valence-electron chi connectivity index (χ3n) is 1.07. The molecule has 0 amide bonds. The van der Waals surface area contributed by atoms with E-state index in [0.29, 0.717) is 10.2 Å². The number of hydrogen-bond donors (Lipinski definition) is 0. The van der Waals surface area contributed by atoms with Gasteiger partial charge < -0.3 is 0 Å². The van der Waals surface area contributed by atoms with Gasteiger partial charge in [0.2, 0.25) is 0 Å². The highest BCUT2D eigenvalue weighted by Crippen LogP contribution is 2.26. The predicted octanol–water partition coefficient (Wildman–Crippen LogP) is 2.76. The minimum absolute atomic E-state index is 0.394. The summed E-state index contributed by atoms with van der Waals surface area (Å²) in [4.78, 5) is 0. The van der Waals surface area contributed by atoms with Crippen molar-refractivity contribution in [2.24, 2.45) is 0 Å². The van der Waals surface area contributed by atoms with E-state index in [2.05, 4.69) is 55.8 Å². The fraction of sp³-hybridized carbons (Fsp3) is 0.200. The van der Waals surface area contributed by atoms with Gasteiger partial charge in [-0.3, -0.25) is 0 Å². The molecule has 0 aromatic heterocycles. The zero-order valence-corrected chi connectivity index (χ0v) is 7.39. The van der Waals surface area contributed by atoms with E-state index < -0.39 is 0 Å². The molecular weight excluding hydrogens is 231 g/mol. The molecule has 1 rings (SSSR count). The van der Waals surface area contributed by atoms with Crippen molar-refractivity contribution in [3.8, 4) is 0 Å². The number of allylic oxidation sites excluding steroid dienone is 4. The highest BCUT2D eigenvalue weighted by atomic mass is 79.9. The van der Waals surface area contributed by atoms with E-state index in [0.717, 1.165) is 0 Å². The first kappa shape index (κ1) is 6.62. The average molecular weight is 236 g/mol. The third-order valence-corrected chi connectivity index (χ3v) is 2.29. The molecule has 0 saturated heterocycles. The molecule has 0 N–H and O–H groups in total. The smallest absolute Gasteiger partial charge is 0.138 e. The Balaban J connectivity index is 2.49. The maximum absolute atomic E-state index is 3.42. The molecule has 42 valence electrons. The summed E-state index contributed by atoms with van der Waals surface area (Å²) in [6.45, 7) is 0. The van der Waals surface area contributed by atoms with Crippen LogP contribution in [0.2, 0.25) is 5.82 Å². The van der Waals surface area contributed by atoms with Gasteiger partial charge in [0.1, 0.15) is 0 Å². The minimum Gasteiger partial charge on any atom is -0.138 e. The number of rotatable bonds is 1. The van der Waals surface area contributed by atoms with Crippen LogP contribution in [0.15, 0.2) is 24.3 Å². The van der Waals surface area contributed by atoms with E-state index in [9.17, 15) is 0 Å². The van der Waals surface area contributed by atoms with Crippen LogP contribution in [0.4, 0.5) is 0 Å². The summed E-state index contributed by atoms with van der Waals surface area (Å²) in [5, 5.41) is 0. The van der Waals surface area contributed by atoms with Crippen LogP contribution in [0.3, 0.4) is 0 Å². The molecule has 0 bridgehead atoms. The van der Waals surface area contributed by atoms with E-state index in [1.807, 2.05) is 0 Å². The molecule has 0 aromatic carbocycles.